The zero-order valence-corrected chi connectivity index (χ0v) is 20.5. The summed E-state index contributed by atoms with van der Waals surface area (Å²) in [5.41, 5.74) is 3.47. The molecule has 0 fully saturated rings. The van der Waals surface area contributed by atoms with Crippen molar-refractivity contribution in [2.75, 3.05) is 32.3 Å². The van der Waals surface area contributed by atoms with Crippen LogP contribution in [0, 0.1) is 6.92 Å². The van der Waals surface area contributed by atoms with E-state index in [9.17, 15) is 9.59 Å². The molecule has 0 radical (unpaired) electrons. The highest BCUT2D eigenvalue weighted by atomic mass is 16.5. The lowest BCUT2D eigenvalue weighted by molar-refractivity contribution is -0.127. The number of hydrogen-bond acceptors (Lipinski definition) is 6. The number of benzene rings is 3. The van der Waals surface area contributed by atoms with Gasteiger partial charge in [-0.05, 0) is 42.3 Å². The molecule has 0 saturated carbocycles. The normalized spacial score (nSPS) is 11.8. The second kappa shape index (κ2) is 11.5. The van der Waals surface area contributed by atoms with Crippen LogP contribution in [0.2, 0.25) is 0 Å². The second-order valence-electron chi connectivity index (χ2n) is 8.21. The quantitative estimate of drug-likeness (QED) is 0.345. The van der Waals surface area contributed by atoms with E-state index in [0.29, 0.717) is 35.7 Å². The van der Waals surface area contributed by atoms with Crippen LogP contribution in [-0.2, 0) is 20.9 Å². The fourth-order valence-electron chi connectivity index (χ4n) is 4.15. The molecule has 0 aliphatic heterocycles. The predicted molar refractivity (Wildman–Crippen MR) is 137 cm³/mol. The number of amides is 2. The number of methoxy groups -OCH3 is 2. The molecule has 0 unspecified atom stereocenters. The fourth-order valence-corrected chi connectivity index (χ4v) is 4.15. The van der Waals surface area contributed by atoms with E-state index in [4.69, 9.17) is 9.47 Å². The van der Waals surface area contributed by atoms with Gasteiger partial charge in [-0.15, -0.1) is 5.10 Å². The number of ether oxygens (including phenoxy) is 2. The minimum Gasteiger partial charge on any atom is -0.495 e. The Balaban J connectivity index is 1.83. The van der Waals surface area contributed by atoms with Gasteiger partial charge in [-0.3, -0.25) is 14.5 Å². The van der Waals surface area contributed by atoms with Crippen LogP contribution >= 0.6 is 0 Å². The summed E-state index contributed by atoms with van der Waals surface area (Å²) in [6.45, 7) is 2.45. The van der Waals surface area contributed by atoms with Gasteiger partial charge in [0.1, 0.15) is 23.9 Å². The first-order valence-electron chi connectivity index (χ1n) is 11.6. The second-order valence-corrected chi connectivity index (χ2v) is 8.21. The molecule has 186 valence electrons. The summed E-state index contributed by atoms with van der Waals surface area (Å²) in [5, 5.41) is 11.3. The molecule has 1 atom stereocenters. The third-order valence-corrected chi connectivity index (χ3v) is 5.91. The molecule has 0 aliphatic carbocycles. The first-order valence-corrected chi connectivity index (χ1v) is 11.6. The molecule has 4 rings (SSSR count). The number of aromatic nitrogens is 3. The van der Waals surface area contributed by atoms with Gasteiger partial charge >= 0.3 is 0 Å². The first kappa shape index (κ1) is 24.9. The number of hydrogen-bond donors (Lipinski definition) is 1. The molecule has 0 bridgehead atoms. The molecule has 9 heteroatoms. The van der Waals surface area contributed by atoms with Crippen LogP contribution in [0.3, 0.4) is 0 Å². The number of fused-ring (bicyclic) bond motifs is 1. The Morgan fingerprint density at radius 1 is 1.00 bits per heavy atom. The van der Waals surface area contributed by atoms with Crippen molar-refractivity contribution in [3.05, 3.63) is 83.9 Å². The maximum atomic E-state index is 14.1. The van der Waals surface area contributed by atoms with Crippen LogP contribution in [0.4, 0.5) is 5.69 Å². The van der Waals surface area contributed by atoms with Gasteiger partial charge in [-0.1, -0.05) is 53.7 Å². The standard InChI is InChI=1S/C27H29N5O4/c1-19-10-4-5-11-20(19)26(27(34)28-16-17-35-2)32(23-14-8-9-15-24(23)36-3)25(33)18-31-22-13-7-6-12-21(22)29-30-31/h4-15,26H,16-18H2,1-3H3,(H,28,34)/t26-/m0/s1. The van der Waals surface area contributed by atoms with Crippen molar-refractivity contribution in [1.82, 2.24) is 20.3 Å². The Labute approximate surface area is 209 Å². The SMILES string of the molecule is COCCNC(=O)[C@H](c1ccccc1C)N(C(=O)Cn1nnc2ccccc21)c1ccccc1OC. The average molecular weight is 488 g/mol. The third-order valence-electron chi connectivity index (χ3n) is 5.91. The highest BCUT2D eigenvalue weighted by Gasteiger charge is 2.35. The molecule has 3 aromatic carbocycles. The smallest absolute Gasteiger partial charge is 0.249 e. The molecule has 36 heavy (non-hydrogen) atoms. The largest absolute Gasteiger partial charge is 0.495 e. The number of carbonyl (C=O) groups is 2. The molecule has 4 aromatic rings. The minimum atomic E-state index is -0.957. The summed E-state index contributed by atoms with van der Waals surface area (Å²) >= 11 is 0. The molecule has 9 nitrogen and oxygen atoms in total. The number of aryl methyl sites for hydroxylation is 1. The molecular formula is C27H29N5O4. The van der Waals surface area contributed by atoms with Gasteiger partial charge < -0.3 is 14.8 Å². The fraction of sp³-hybridized carbons (Fsp3) is 0.259. The molecule has 1 N–H and O–H groups in total. The highest BCUT2D eigenvalue weighted by molar-refractivity contribution is 6.02. The zero-order chi connectivity index (χ0) is 25.5. The van der Waals surface area contributed by atoms with Crippen molar-refractivity contribution in [3.8, 4) is 5.75 Å². The summed E-state index contributed by atoms with van der Waals surface area (Å²) in [6.07, 6.45) is 0. The molecular weight excluding hydrogens is 458 g/mol. The molecule has 2 amide bonds. The van der Waals surface area contributed by atoms with Crippen molar-refractivity contribution in [2.45, 2.75) is 19.5 Å². The summed E-state index contributed by atoms with van der Waals surface area (Å²) in [7, 11) is 3.10. The van der Waals surface area contributed by atoms with E-state index in [-0.39, 0.29) is 18.4 Å². The van der Waals surface area contributed by atoms with Crippen LogP contribution in [-0.4, -0.2) is 54.2 Å². The lowest BCUT2D eigenvalue weighted by Gasteiger charge is -2.33. The predicted octanol–water partition coefficient (Wildman–Crippen LogP) is 3.29. The molecule has 0 spiro atoms. The van der Waals surface area contributed by atoms with Crippen LogP contribution in [0.15, 0.2) is 72.8 Å². The van der Waals surface area contributed by atoms with Gasteiger partial charge in [-0.2, -0.15) is 0 Å². The van der Waals surface area contributed by atoms with Crippen LogP contribution in [0.1, 0.15) is 17.2 Å². The maximum Gasteiger partial charge on any atom is 0.249 e. The summed E-state index contributed by atoms with van der Waals surface area (Å²) in [6, 6.07) is 21.1. The molecule has 0 saturated heterocycles. The van der Waals surface area contributed by atoms with Crippen molar-refractivity contribution in [2.24, 2.45) is 0 Å². The molecule has 0 aliphatic rings. The van der Waals surface area contributed by atoms with E-state index in [2.05, 4.69) is 15.6 Å². The number of nitrogens with one attached hydrogen (secondary N) is 1. The van der Waals surface area contributed by atoms with Gasteiger partial charge in [0.15, 0.2) is 0 Å². The van der Waals surface area contributed by atoms with Gasteiger partial charge in [-0.25, -0.2) is 4.68 Å². The Bertz CT molecular complexity index is 1350. The van der Waals surface area contributed by atoms with E-state index in [0.717, 1.165) is 11.1 Å². The number of anilines is 1. The van der Waals surface area contributed by atoms with E-state index >= 15 is 0 Å². The topological polar surface area (TPSA) is 98.6 Å². The molecule has 1 heterocycles. The van der Waals surface area contributed by atoms with Gasteiger partial charge in [0.05, 0.1) is 24.9 Å². The minimum absolute atomic E-state index is 0.119. The number of rotatable bonds is 10. The summed E-state index contributed by atoms with van der Waals surface area (Å²) < 4.78 is 12.2. The lowest BCUT2D eigenvalue weighted by Crippen LogP contribution is -2.46. The van der Waals surface area contributed by atoms with E-state index < -0.39 is 6.04 Å². The van der Waals surface area contributed by atoms with Crippen molar-refractivity contribution < 1.29 is 19.1 Å². The van der Waals surface area contributed by atoms with Crippen molar-refractivity contribution in [3.63, 3.8) is 0 Å². The monoisotopic (exact) mass is 487 g/mol. The third kappa shape index (κ3) is 5.21. The van der Waals surface area contributed by atoms with Gasteiger partial charge in [0, 0.05) is 13.7 Å². The van der Waals surface area contributed by atoms with Crippen molar-refractivity contribution in [1.29, 1.82) is 0 Å². The van der Waals surface area contributed by atoms with Gasteiger partial charge in [0.25, 0.3) is 0 Å². The average Bonchev–Trinajstić information content (AvgIpc) is 3.30. The number of carbonyl (C=O) groups excluding carboxylic acids is 2. The summed E-state index contributed by atoms with van der Waals surface area (Å²) in [4.78, 5) is 29.2. The number of nitrogens with zero attached hydrogens (tertiary/aromatic N) is 4. The van der Waals surface area contributed by atoms with Gasteiger partial charge in [0.2, 0.25) is 11.8 Å². The molecule has 1 aromatic heterocycles. The highest BCUT2D eigenvalue weighted by Crippen LogP contribution is 2.36. The van der Waals surface area contributed by atoms with E-state index in [1.54, 1.807) is 25.3 Å². The van der Waals surface area contributed by atoms with Crippen molar-refractivity contribution >= 4 is 28.5 Å². The van der Waals surface area contributed by atoms with Crippen LogP contribution in [0.25, 0.3) is 11.0 Å². The van der Waals surface area contributed by atoms with Crippen LogP contribution in [0.5, 0.6) is 5.75 Å². The Hall–Kier alpha value is -4.24. The maximum absolute atomic E-state index is 14.1. The van der Waals surface area contributed by atoms with E-state index in [1.165, 1.54) is 16.7 Å². The number of para-hydroxylation sites is 3. The Morgan fingerprint density at radius 3 is 2.50 bits per heavy atom. The summed E-state index contributed by atoms with van der Waals surface area (Å²) in [5.74, 6) is -0.202. The van der Waals surface area contributed by atoms with Crippen LogP contribution < -0.4 is 15.0 Å². The Morgan fingerprint density at radius 2 is 1.72 bits per heavy atom. The first-order chi connectivity index (χ1) is 17.5. The lowest BCUT2D eigenvalue weighted by atomic mass is 9.98. The van der Waals surface area contributed by atoms with E-state index in [1.807, 2.05) is 61.5 Å². The zero-order valence-electron chi connectivity index (χ0n) is 20.5. The Kier molecular flexibility index (Phi) is 7.92.